The Balaban J connectivity index is 1.55. The molecule has 0 radical (unpaired) electrons. The van der Waals surface area contributed by atoms with Gasteiger partial charge in [0.2, 0.25) is 11.9 Å². The number of fused-ring (bicyclic) bond motifs is 2. The Morgan fingerprint density at radius 3 is 2.59 bits per heavy atom. The van der Waals surface area contributed by atoms with E-state index in [-0.39, 0.29) is 28.9 Å². The summed E-state index contributed by atoms with van der Waals surface area (Å²) in [5, 5.41) is 6.16. The molecule has 1 aliphatic heterocycles. The van der Waals surface area contributed by atoms with E-state index >= 15 is 0 Å². The molecule has 1 fully saturated rings. The molecule has 2 aromatic heterocycles. The molecule has 44 heavy (non-hydrogen) atoms. The van der Waals surface area contributed by atoms with Crippen molar-refractivity contribution in [2.75, 3.05) is 68.3 Å². The van der Waals surface area contributed by atoms with E-state index in [0.29, 0.717) is 36.0 Å². The third kappa shape index (κ3) is 6.30. The third-order valence-electron chi connectivity index (χ3n) is 7.78. The smallest absolute Gasteiger partial charge is 0.343 e. The number of benzene rings is 1. The molecule has 3 aromatic rings. The minimum absolute atomic E-state index is 0.0374. The lowest BCUT2D eigenvalue weighted by Gasteiger charge is -2.26. The number of hydrogen-bond donors (Lipinski definition) is 2. The molecule has 0 bridgehead atoms. The Hall–Kier alpha value is -4.71. The average Bonchev–Trinajstić information content (AvgIpc) is 3.71. The molecule has 2 N–H and O–H groups in total. The van der Waals surface area contributed by atoms with Gasteiger partial charge < -0.3 is 34.8 Å². The van der Waals surface area contributed by atoms with Crippen LogP contribution in [0.25, 0.3) is 0 Å². The summed E-state index contributed by atoms with van der Waals surface area (Å²) in [7, 11) is 7.54. The lowest BCUT2D eigenvalue weighted by Crippen LogP contribution is -2.29. The molecule has 232 valence electrons. The molecule has 1 aromatic carbocycles. The number of carbonyl (C=O) groups excluding carboxylic acids is 2. The van der Waals surface area contributed by atoms with E-state index in [1.807, 2.05) is 49.1 Å². The molecule has 0 atom stereocenters. The van der Waals surface area contributed by atoms with Gasteiger partial charge in [0, 0.05) is 50.6 Å². The fourth-order valence-corrected chi connectivity index (χ4v) is 5.31. The van der Waals surface area contributed by atoms with Crippen molar-refractivity contribution < 1.29 is 19.1 Å². The zero-order valence-corrected chi connectivity index (χ0v) is 26.2. The van der Waals surface area contributed by atoms with Crippen molar-refractivity contribution in [3.63, 3.8) is 0 Å². The molecule has 1 amide bonds. The molecule has 12 heteroatoms. The largest absolute Gasteiger partial charge is 0.494 e. The second kappa shape index (κ2) is 12.5. The Bertz CT molecular complexity index is 1570. The number of nitrogens with zero attached hydrogens (tertiary/aromatic N) is 6. The van der Waals surface area contributed by atoms with E-state index in [2.05, 4.69) is 32.1 Å². The Kier molecular flexibility index (Phi) is 8.73. The first-order valence-corrected chi connectivity index (χ1v) is 14.6. The molecule has 1 saturated carbocycles. The van der Waals surface area contributed by atoms with Crippen molar-refractivity contribution in [3.05, 3.63) is 60.6 Å². The first-order valence-electron chi connectivity index (χ1n) is 14.6. The van der Waals surface area contributed by atoms with Crippen LogP contribution in [0.2, 0.25) is 0 Å². The molecular weight excluding hydrogens is 560 g/mol. The highest BCUT2D eigenvalue weighted by Crippen LogP contribution is 2.57. The van der Waals surface area contributed by atoms with Crippen LogP contribution in [0.4, 0.5) is 34.5 Å². The zero-order chi connectivity index (χ0) is 31.6. The number of esters is 1. The molecule has 1 aliphatic carbocycles. The fraction of sp³-hybridized carbons (Fsp3) is 0.406. The second-order valence-corrected chi connectivity index (χ2v) is 11.7. The molecule has 2 aliphatic rings. The predicted octanol–water partition coefficient (Wildman–Crippen LogP) is 4.49. The van der Waals surface area contributed by atoms with E-state index in [9.17, 15) is 9.59 Å². The average molecular weight is 601 g/mol. The number of ether oxygens (including phenoxy) is 2. The van der Waals surface area contributed by atoms with Gasteiger partial charge >= 0.3 is 5.97 Å². The van der Waals surface area contributed by atoms with Crippen LogP contribution >= 0.6 is 0 Å². The van der Waals surface area contributed by atoms with Gasteiger partial charge in [-0.25, -0.2) is 9.78 Å². The standard InChI is InChI=1S/C32H40N8O4/c1-8-27(41)35-22-16-23(26(43-7)17-25(22)39(6)15-14-38(4)5)36-31-34-18-21(30(42)44-20(2)3)29(37-31)40-19-32(11-12-32)28-24(40)10-9-13-33-28/h8-10,13,16-18,20H,1,11-12,14-15,19H2,2-7H3,(H,35,41)(H,34,36,37). The summed E-state index contributed by atoms with van der Waals surface area (Å²) in [6, 6.07) is 7.53. The molecule has 0 unspecified atom stereocenters. The van der Waals surface area contributed by atoms with Gasteiger partial charge in [0.1, 0.15) is 11.3 Å². The number of pyridine rings is 1. The normalized spacial score (nSPS) is 14.4. The number of carbonyl (C=O) groups is 2. The maximum Gasteiger partial charge on any atom is 0.343 e. The van der Waals surface area contributed by atoms with Crippen LogP contribution in [0.15, 0.2) is 49.3 Å². The van der Waals surface area contributed by atoms with Gasteiger partial charge in [-0.15, -0.1) is 0 Å². The zero-order valence-electron chi connectivity index (χ0n) is 26.2. The number of amides is 1. The van der Waals surface area contributed by atoms with Gasteiger partial charge in [0.25, 0.3) is 0 Å². The van der Waals surface area contributed by atoms with E-state index in [1.165, 1.54) is 12.3 Å². The number of rotatable bonds is 12. The van der Waals surface area contributed by atoms with Crippen LogP contribution in [-0.2, 0) is 14.9 Å². The molecule has 3 heterocycles. The highest BCUT2D eigenvalue weighted by molar-refractivity contribution is 6.02. The van der Waals surface area contributed by atoms with Crippen molar-refractivity contribution in [3.8, 4) is 5.75 Å². The number of anilines is 6. The number of aromatic nitrogens is 3. The summed E-state index contributed by atoms with van der Waals surface area (Å²) >= 11 is 0. The van der Waals surface area contributed by atoms with Gasteiger partial charge in [-0.05, 0) is 65.1 Å². The van der Waals surface area contributed by atoms with Crippen LogP contribution in [0.1, 0.15) is 42.7 Å². The molecule has 0 saturated heterocycles. The van der Waals surface area contributed by atoms with Crippen molar-refractivity contribution in [2.45, 2.75) is 38.2 Å². The maximum absolute atomic E-state index is 13.2. The van der Waals surface area contributed by atoms with E-state index < -0.39 is 5.97 Å². The summed E-state index contributed by atoms with van der Waals surface area (Å²) in [6.45, 7) is 9.39. The van der Waals surface area contributed by atoms with E-state index in [0.717, 1.165) is 36.5 Å². The van der Waals surface area contributed by atoms with Crippen molar-refractivity contribution >= 4 is 46.4 Å². The lowest BCUT2D eigenvalue weighted by atomic mass is 10.1. The Morgan fingerprint density at radius 2 is 1.93 bits per heavy atom. The van der Waals surface area contributed by atoms with Crippen LogP contribution in [-0.4, -0.2) is 85.7 Å². The van der Waals surface area contributed by atoms with Crippen LogP contribution < -0.4 is 25.2 Å². The van der Waals surface area contributed by atoms with E-state index in [4.69, 9.17) is 14.5 Å². The molecule has 5 rings (SSSR count). The Labute approximate surface area is 258 Å². The summed E-state index contributed by atoms with van der Waals surface area (Å²) in [4.78, 5) is 45.8. The van der Waals surface area contributed by atoms with Gasteiger partial charge in [-0.3, -0.25) is 9.78 Å². The number of methoxy groups -OCH3 is 1. The monoisotopic (exact) mass is 600 g/mol. The molecule has 12 nitrogen and oxygen atoms in total. The maximum atomic E-state index is 13.2. The summed E-state index contributed by atoms with van der Waals surface area (Å²) in [5.41, 5.74) is 4.04. The van der Waals surface area contributed by atoms with Crippen LogP contribution in [0.5, 0.6) is 5.75 Å². The van der Waals surface area contributed by atoms with Crippen molar-refractivity contribution in [1.29, 1.82) is 0 Å². The topological polar surface area (TPSA) is 125 Å². The van der Waals surface area contributed by atoms with Crippen molar-refractivity contribution in [2.24, 2.45) is 0 Å². The SMILES string of the molecule is C=CC(=O)Nc1cc(Nc2ncc(C(=O)OC(C)C)c(N3CC4(CC4)c4ncccc43)n2)c(OC)cc1N(C)CCN(C)C. The first kappa shape index (κ1) is 30.7. The first-order chi connectivity index (χ1) is 21.0. The van der Waals surface area contributed by atoms with Gasteiger partial charge in [0.05, 0.1) is 41.7 Å². The summed E-state index contributed by atoms with van der Waals surface area (Å²) in [6.07, 6.45) is 6.26. The van der Waals surface area contributed by atoms with Crippen LogP contribution in [0, 0.1) is 0 Å². The second-order valence-electron chi connectivity index (χ2n) is 11.7. The highest BCUT2D eigenvalue weighted by Gasteiger charge is 2.54. The lowest BCUT2D eigenvalue weighted by molar-refractivity contribution is -0.111. The number of hydrogen-bond acceptors (Lipinski definition) is 11. The van der Waals surface area contributed by atoms with E-state index in [1.54, 1.807) is 33.2 Å². The molecular formula is C32H40N8O4. The number of likely N-dealkylation sites (N-methyl/N-ethyl adjacent to an activating group) is 2. The predicted molar refractivity (Wildman–Crippen MR) is 172 cm³/mol. The van der Waals surface area contributed by atoms with Gasteiger partial charge in [-0.2, -0.15) is 4.98 Å². The van der Waals surface area contributed by atoms with Crippen LogP contribution in [0.3, 0.4) is 0 Å². The molecule has 1 spiro atoms. The minimum atomic E-state index is -0.499. The summed E-state index contributed by atoms with van der Waals surface area (Å²) in [5.74, 6) is 0.363. The third-order valence-corrected chi connectivity index (χ3v) is 7.78. The minimum Gasteiger partial charge on any atom is -0.494 e. The fourth-order valence-electron chi connectivity index (χ4n) is 5.31. The van der Waals surface area contributed by atoms with Crippen molar-refractivity contribution in [1.82, 2.24) is 19.9 Å². The van der Waals surface area contributed by atoms with Gasteiger partial charge in [-0.1, -0.05) is 6.58 Å². The highest BCUT2D eigenvalue weighted by atomic mass is 16.5. The summed E-state index contributed by atoms with van der Waals surface area (Å²) < 4.78 is 11.3. The van der Waals surface area contributed by atoms with Gasteiger partial charge in [0.15, 0.2) is 5.82 Å². The Morgan fingerprint density at radius 1 is 1.16 bits per heavy atom. The quantitative estimate of drug-likeness (QED) is 0.226. The number of nitrogens with one attached hydrogen (secondary N) is 2.